The number of hydrogen-bond donors (Lipinski definition) is 5. The summed E-state index contributed by atoms with van der Waals surface area (Å²) in [6.07, 6.45) is 0.590. The van der Waals surface area contributed by atoms with E-state index in [4.69, 9.17) is 9.47 Å². The molecule has 4 aliphatic carbocycles. The predicted octanol–water partition coefficient (Wildman–Crippen LogP) is -0.476. The molecule has 28 heavy (non-hydrogen) atoms. The normalized spacial score (nSPS) is 48.5. The SMILES string of the molecule is C[C@@H](CO[C@H]1O[C@H](CO)[C@@H](O)[C@H](O)[C@@H]1O)C(=O)NC12CC3CC(CC(C3)C1)C2. The molecule has 5 aliphatic rings. The standard InChI is InChI=1S/C20H33NO7/c1-10(9-27-19-17(25)16(24)15(23)14(8-22)28-19)18(26)21-20-5-11-2-12(6-20)4-13(3-11)7-20/h10-17,19,22-25H,2-9H2,1H3,(H,21,26)/t10-,11?,12?,13?,14+,15+,16-,17-,19-,20?/m0/s1. The molecule has 8 nitrogen and oxygen atoms in total. The molecule has 1 amide bonds. The van der Waals surface area contributed by atoms with Crippen molar-refractivity contribution in [3.8, 4) is 0 Å². The van der Waals surface area contributed by atoms with E-state index in [1.54, 1.807) is 6.92 Å². The Balaban J connectivity index is 1.30. The van der Waals surface area contributed by atoms with Gasteiger partial charge in [-0.15, -0.1) is 0 Å². The number of carbonyl (C=O) groups excluding carboxylic acids is 1. The van der Waals surface area contributed by atoms with Gasteiger partial charge in [0.15, 0.2) is 6.29 Å². The van der Waals surface area contributed by atoms with E-state index in [9.17, 15) is 25.2 Å². The zero-order chi connectivity index (χ0) is 20.1. The summed E-state index contributed by atoms with van der Waals surface area (Å²) in [6.45, 7) is 1.27. The van der Waals surface area contributed by atoms with Crippen molar-refractivity contribution in [1.29, 1.82) is 0 Å². The van der Waals surface area contributed by atoms with Crippen LogP contribution in [0.1, 0.15) is 45.4 Å². The Labute approximate surface area is 165 Å². The van der Waals surface area contributed by atoms with Gasteiger partial charge in [-0.2, -0.15) is 0 Å². The predicted molar refractivity (Wildman–Crippen MR) is 97.9 cm³/mol. The first-order chi connectivity index (χ1) is 13.3. The smallest absolute Gasteiger partial charge is 0.225 e. The van der Waals surface area contributed by atoms with Gasteiger partial charge in [-0.25, -0.2) is 0 Å². The van der Waals surface area contributed by atoms with Crippen LogP contribution in [0.3, 0.4) is 0 Å². The maximum absolute atomic E-state index is 12.8. The lowest BCUT2D eigenvalue weighted by molar-refractivity contribution is -0.302. The number of hydrogen-bond acceptors (Lipinski definition) is 7. The molecule has 5 rings (SSSR count). The van der Waals surface area contributed by atoms with Crippen LogP contribution in [-0.4, -0.2) is 75.8 Å². The summed E-state index contributed by atoms with van der Waals surface area (Å²) in [7, 11) is 0. The van der Waals surface area contributed by atoms with Gasteiger partial charge in [0, 0.05) is 5.54 Å². The number of carbonyl (C=O) groups is 1. The maximum atomic E-state index is 12.8. The summed E-state index contributed by atoms with van der Waals surface area (Å²) >= 11 is 0. The van der Waals surface area contributed by atoms with Gasteiger partial charge in [0.25, 0.3) is 0 Å². The van der Waals surface area contributed by atoms with E-state index < -0.39 is 43.2 Å². The minimum atomic E-state index is -1.48. The average molecular weight is 399 g/mol. The summed E-state index contributed by atoms with van der Waals surface area (Å²) in [5, 5.41) is 42.2. The van der Waals surface area contributed by atoms with Crippen molar-refractivity contribution in [2.24, 2.45) is 23.7 Å². The molecular formula is C20H33NO7. The van der Waals surface area contributed by atoms with Gasteiger partial charge < -0.3 is 35.2 Å². The topological polar surface area (TPSA) is 128 Å². The zero-order valence-electron chi connectivity index (χ0n) is 16.4. The Morgan fingerprint density at radius 1 is 1.07 bits per heavy atom. The Bertz CT molecular complexity index is 548. The molecule has 5 fully saturated rings. The fourth-order valence-corrected chi connectivity index (χ4v) is 6.17. The van der Waals surface area contributed by atoms with Crippen molar-refractivity contribution in [2.45, 2.75) is 81.7 Å². The lowest BCUT2D eigenvalue weighted by Crippen LogP contribution is -2.61. The monoisotopic (exact) mass is 399 g/mol. The molecule has 0 aromatic carbocycles. The number of rotatable bonds is 6. The van der Waals surface area contributed by atoms with Crippen molar-refractivity contribution in [3.63, 3.8) is 0 Å². The van der Waals surface area contributed by atoms with Gasteiger partial charge in [-0.05, 0) is 56.3 Å². The molecule has 4 bridgehead atoms. The molecule has 4 saturated carbocycles. The minimum absolute atomic E-state index is 0.0148. The lowest BCUT2D eigenvalue weighted by atomic mass is 9.53. The summed E-state index contributed by atoms with van der Waals surface area (Å²) in [5.74, 6) is 1.72. The number of amides is 1. The second-order valence-electron chi connectivity index (χ2n) is 9.62. The average Bonchev–Trinajstić information content (AvgIpc) is 2.64. The van der Waals surface area contributed by atoms with Crippen LogP contribution in [0.15, 0.2) is 0 Å². The highest BCUT2D eigenvalue weighted by atomic mass is 16.7. The summed E-state index contributed by atoms with van der Waals surface area (Å²) in [5.41, 5.74) is -0.0662. The van der Waals surface area contributed by atoms with Gasteiger partial charge in [-0.1, -0.05) is 6.92 Å². The molecule has 5 N–H and O–H groups in total. The third-order valence-electron chi connectivity index (χ3n) is 7.23. The van der Waals surface area contributed by atoms with Crippen LogP contribution >= 0.6 is 0 Å². The van der Waals surface area contributed by atoms with Crippen molar-refractivity contribution >= 4 is 5.91 Å². The summed E-state index contributed by atoms with van der Waals surface area (Å²) in [4.78, 5) is 12.8. The van der Waals surface area contributed by atoms with Crippen LogP contribution in [0.5, 0.6) is 0 Å². The van der Waals surface area contributed by atoms with E-state index in [1.807, 2.05) is 0 Å². The highest BCUT2D eigenvalue weighted by Crippen LogP contribution is 2.55. The maximum Gasteiger partial charge on any atom is 0.225 e. The van der Waals surface area contributed by atoms with E-state index in [-0.39, 0.29) is 18.1 Å². The van der Waals surface area contributed by atoms with Gasteiger partial charge in [0.1, 0.15) is 24.4 Å². The van der Waals surface area contributed by atoms with Crippen LogP contribution in [0, 0.1) is 23.7 Å². The second kappa shape index (κ2) is 7.81. The first-order valence-electron chi connectivity index (χ1n) is 10.5. The molecule has 160 valence electrons. The first kappa shape index (κ1) is 20.5. The molecule has 1 saturated heterocycles. The molecule has 0 spiro atoms. The minimum Gasteiger partial charge on any atom is -0.394 e. The van der Waals surface area contributed by atoms with Gasteiger partial charge in [-0.3, -0.25) is 4.79 Å². The van der Waals surface area contributed by atoms with E-state index in [2.05, 4.69) is 5.32 Å². The fraction of sp³-hybridized carbons (Fsp3) is 0.950. The number of aliphatic hydroxyl groups is 4. The highest BCUT2D eigenvalue weighted by Gasteiger charge is 2.52. The van der Waals surface area contributed by atoms with E-state index in [0.717, 1.165) is 37.0 Å². The molecule has 1 heterocycles. The third kappa shape index (κ3) is 3.82. The van der Waals surface area contributed by atoms with E-state index in [1.165, 1.54) is 19.3 Å². The van der Waals surface area contributed by atoms with Crippen LogP contribution in [0.25, 0.3) is 0 Å². The molecule has 0 aromatic rings. The number of aliphatic hydroxyl groups excluding tert-OH is 4. The third-order valence-corrected chi connectivity index (χ3v) is 7.23. The number of ether oxygens (including phenoxy) is 2. The summed E-state index contributed by atoms with van der Waals surface area (Å²) < 4.78 is 10.9. The fourth-order valence-electron chi connectivity index (χ4n) is 6.17. The van der Waals surface area contributed by atoms with Crippen LogP contribution in [0.4, 0.5) is 0 Å². The van der Waals surface area contributed by atoms with Gasteiger partial charge in [0.05, 0.1) is 19.1 Å². The van der Waals surface area contributed by atoms with Crippen molar-refractivity contribution in [1.82, 2.24) is 5.32 Å². The van der Waals surface area contributed by atoms with Crippen molar-refractivity contribution in [2.75, 3.05) is 13.2 Å². The first-order valence-corrected chi connectivity index (χ1v) is 10.5. The number of nitrogens with one attached hydrogen (secondary N) is 1. The quantitative estimate of drug-likeness (QED) is 0.408. The van der Waals surface area contributed by atoms with E-state index >= 15 is 0 Å². The second-order valence-corrected chi connectivity index (χ2v) is 9.62. The molecular weight excluding hydrogens is 366 g/mol. The Hall–Kier alpha value is -0.770. The molecule has 1 aliphatic heterocycles. The Morgan fingerprint density at radius 3 is 2.18 bits per heavy atom. The lowest BCUT2D eigenvalue weighted by Gasteiger charge is -2.57. The van der Waals surface area contributed by atoms with E-state index in [0.29, 0.717) is 0 Å². The Kier molecular flexibility index (Phi) is 5.72. The van der Waals surface area contributed by atoms with Crippen LogP contribution < -0.4 is 5.32 Å². The molecule has 6 atom stereocenters. The Morgan fingerprint density at radius 2 is 1.64 bits per heavy atom. The van der Waals surface area contributed by atoms with Crippen molar-refractivity contribution in [3.05, 3.63) is 0 Å². The van der Waals surface area contributed by atoms with Gasteiger partial charge in [0.2, 0.25) is 5.91 Å². The molecule has 0 radical (unpaired) electrons. The van der Waals surface area contributed by atoms with Crippen LogP contribution in [-0.2, 0) is 14.3 Å². The van der Waals surface area contributed by atoms with Crippen LogP contribution in [0.2, 0.25) is 0 Å². The zero-order valence-corrected chi connectivity index (χ0v) is 16.4. The molecule has 0 unspecified atom stereocenters. The van der Waals surface area contributed by atoms with Gasteiger partial charge >= 0.3 is 0 Å². The highest BCUT2D eigenvalue weighted by molar-refractivity contribution is 5.79. The van der Waals surface area contributed by atoms with Crippen molar-refractivity contribution < 1.29 is 34.7 Å². The molecule has 0 aromatic heterocycles. The summed E-state index contributed by atoms with van der Waals surface area (Å²) in [6, 6.07) is 0. The largest absolute Gasteiger partial charge is 0.394 e. The molecule has 8 heteroatoms.